The van der Waals surface area contributed by atoms with E-state index in [1.165, 1.54) is 73.8 Å². The van der Waals surface area contributed by atoms with Gasteiger partial charge in [0.2, 0.25) is 5.78 Å². The molecule has 0 aliphatic carbocycles. The third kappa shape index (κ3) is 4.60. The SMILES string of the molecule is CN1C(C(=O)c2ccccc2)=C(OC(=O)c2ccc(CN3C(=O)c4ccccc4S3(=O)=O)cc2)c2ccccc2S1(=O)=O. The van der Waals surface area contributed by atoms with Gasteiger partial charge in [0.1, 0.15) is 10.6 Å². The van der Waals surface area contributed by atoms with Crippen molar-refractivity contribution in [1.29, 1.82) is 0 Å². The van der Waals surface area contributed by atoms with E-state index in [-0.39, 0.29) is 50.0 Å². The fraction of sp³-hybridized carbons (Fsp3) is 0.0645. The molecule has 2 aliphatic rings. The van der Waals surface area contributed by atoms with Crippen LogP contribution in [0.2, 0.25) is 0 Å². The number of carbonyl (C=O) groups is 3. The minimum Gasteiger partial charge on any atom is -0.420 e. The number of ketones is 1. The lowest BCUT2D eigenvalue weighted by Crippen LogP contribution is -2.36. The molecule has 2 heterocycles. The Bertz CT molecular complexity index is 2070. The number of Topliss-reactive ketones (excluding diaryl/α,β-unsaturated/α-hetero) is 1. The zero-order chi connectivity index (χ0) is 30.5. The predicted molar refractivity (Wildman–Crippen MR) is 154 cm³/mol. The summed E-state index contributed by atoms with van der Waals surface area (Å²) < 4.78 is 59.7. The number of ether oxygens (including phenoxy) is 1. The van der Waals surface area contributed by atoms with Crippen LogP contribution in [0.3, 0.4) is 0 Å². The Labute approximate surface area is 247 Å². The summed E-state index contributed by atoms with van der Waals surface area (Å²) in [5, 5.41) is 0. The van der Waals surface area contributed by atoms with Crippen molar-refractivity contribution in [2.75, 3.05) is 7.05 Å². The lowest BCUT2D eigenvalue weighted by atomic mass is 10.0. The van der Waals surface area contributed by atoms with E-state index < -0.39 is 37.7 Å². The molecule has 6 rings (SSSR count). The molecule has 43 heavy (non-hydrogen) atoms. The number of carbonyl (C=O) groups excluding carboxylic acids is 3. The molecule has 4 aromatic carbocycles. The molecule has 0 radical (unpaired) electrons. The highest BCUT2D eigenvalue weighted by molar-refractivity contribution is 7.90. The number of rotatable bonds is 6. The number of amides is 1. The number of fused-ring (bicyclic) bond motifs is 2. The highest BCUT2D eigenvalue weighted by Gasteiger charge is 2.41. The summed E-state index contributed by atoms with van der Waals surface area (Å²) in [4.78, 5) is 39.5. The highest BCUT2D eigenvalue weighted by atomic mass is 32.2. The molecule has 0 aromatic heterocycles. The highest BCUT2D eigenvalue weighted by Crippen LogP contribution is 2.38. The molecule has 0 spiro atoms. The van der Waals surface area contributed by atoms with Crippen molar-refractivity contribution in [3.8, 4) is 0 Å². The summed E-state index contributed by atoms with van der Waals surface area (Å²) in [6.07, 6.45) is 0. The van der Waals surface area contributed by atoms with Crippen LogP contribution in [0, 0.1) is 0 Å². The van der Waals surface area contributed by atoms with Crippen LogP contribution in [0.1, 0.15) is 42.2 Å². The first kappa shape index (κ1) is 28.1. The van der Waals surface area contributed by atoms with Crippen molar-refractivity contribution in [2.24, 2.45) is 0 Å². The number of hydrogen-bond acceptors (Lipinski definition) is 8. The van der Waals surface area contributed by atoms with Gasteiger partial charge in [-0.2, -0.15) is 0 Å². The second kappa shape index (κ2) is 10.3. The van der Waals surface area contributed by atoms with Gasteiger partial charge in [0.05, 0.1) is 22.6 Å². The molecule has 216 valence electrons. The zero-order valence-corrected chi connectivity index (χ0v) is 24.1. The average molecular weight is 615 g/mol. The van der Waals surface area contributed by atoms with Gasteiger partial charge in [-0.05, 0) is 42.0 Å². The molecular weight excluding hydrogens is 592 g/mol. The quantitative estimate of drug-likeness (QED) is 0.234. The summed E-state index contributed by atoms with van der Waals surface area (Å²) in [5.41, 5.74) is 0.515. The summed E-state index contributed by atoms with van der Waals surface area (Å²) in [6.45, 7) is -0.248. The zero-order valence-electron chi connectivity index (χ0n) is 22.5. The van der Waals surface area contributed by atoms with Gasteiger partial charge < -0.3 is 4.74 Å². The molecule has 2 aliphatic heterocycles. The van der Waals surface area contributed by atoms with Crippen LogP contribution in [0.25, 0.3) is 5.76 Å². The fourth-order valence-corrected chi connectivity index (χ4v) is 7.89. The minimum atomic E-state index is -4.13. The molecule has 0 bridgehead atoms. The summed E-state index contributed by atoms with van der Waals surface area (Å²) in [6, 6.07) is 25.6. The molecule has 10 nitrogen and oxygen atoms in total. The molecule has 0 atom stereocenters. The smallest absolute Gasteiger partial charge is 0.343 e. The maximum atomic E-state index is 13.6. The summed E-state index contributed by atoms with van der Waals surface area (Å²) in [5.74, 6) is -2.39. The maximum Gasteiger partial charge on any atom is 0.343 e. The molecule has 0 fully saturated rings. The Morgan fingerprint density at radius 2 is 1.23 bits per heavy atom. The number of hydrogen-bond donors (Lipinski definition) is 0. The van der Waals surface area contributed by atoms with Crippen LogP contribution >= 0.6 is 0 Å². The van der Waals surface area contributed by atoms with E-state index in [4.69, 9.17) is 4.74 Å². The van der Waals surface area contributed by atoms with E-state index in [1.807, 2.05) is 0 Å². The molecule has 1 amide bonds. The minimum absolute atomic E-state index is 0.0511. The van der Waals surface area contributed by atoms with E-state index in [0.29, 0.717) is 5.56 Å². The second-order valence-electron chi connectivity index (χ2n) is 9.74. The van der Waals surface area contributed by atoms with Gasteiger partial charge in [0.25, 0.3) is 26.0 Å². The Balaban J connectivity index is 1.32. The van der Waals surface area contributed by atoms with Crippen molar-refractivity contribution in [3.63, 3.8) is 0 Å². The number of benzene rings is 4. The molecule has 0 saturated carbocycles. The normalized spacial score (nSPS) is 16.4. The van der Waals surface area contributed by atoms with Crippen molar-refractivity contribution in [1.82, 2.24) is 8.61 Å². The van der Waals surface area contributed by atoms with Gasteiger partial charge in [0.15, 0.2) is 5.76 Å². The van der Waals surface area contributed by atoms with Gasteiger partial charge in [0, 0.05) is 18.2 Å². The molecule has 0 N–H and O–H groups in total. The number of allylic oxidation sites excluding steroid dienone is 1. The van der Waals surface area contributed by atoms with E-state index in [2.05, 4.69) is 0 Å². The van der Waals surface area contributed by atoms with E-state index in [1.54, 1.807) is 36.4 Å². The maximum absolute atomic E-state index is 13.6. The first-order valence-corrected chi connectivity index (χ1v) is 15.8. The Morgan fingerprint density at radius 3 is 1.86 bits per heavy atom. The molecule has 12 heteroatoms. The predicted octanol–water partition coefficient (Wildman–Crippen LogP) is 4.07. The van der Waals surface area contributed by atoms with Gasteiger partial charge in [-0.3, -0.25) is 13.9 Å². The Hall–Kier alpha value is -5.07. The second-order valence-corrected chi connectivity index (χ2v) is 13.5. The van der Waals surface area contributed by atoms with E-state index >= 15 is 0 Å². The van der Waals surface area contributed by atoms with Gasteiger partial charge in [-0.25, -0.2) is 25.9 Å². The summed E-state index contributed by atoms with van der Waals surface area (Å²) in [7, 11) is -6.93. The Kier molecular flexibility index (Phi) is 6.74. The largest absolute Gasteiger partial charge is 0.420 e. The number of esters is 1. The molecule has 0 unspecified atom stereocenters. The summed E-state index contributed by atoms with van der Waals surface area (Å²) >= 11 is 0. The van der Waals surface area contributed by atoms with Gasteiger partial charge in [-0.15, -0.1) is 0 Å². The molecular formula is C31H22N2O8S2. The lowest BCUT2D eigenvalue weighted by Gasteiger charge is -2.30. The van der Waals surface area contributed by atoms with Crippen LogP contribution in [0.5, 0.6) is 0 Å². The van der Waals surface area contributed by atoms with Crippen LogP contribution in [0.4, 0.5) is 0 Å². The van der Waals surface area contributed by atoms with Crippen LogP contribution in [0.15, 0.2) is 119 Å². The Morgan fingerprint density at radius 1 is 0.674 bits per heavy atom. The van der Waals surface area contributed by atoms with Crippen molar-refractivity contribution < 1.29 is 36.0 Å². The first-order chi connectivity index (χ1) is 20.5. The monoisotopic (exact) mass is 614 g/mol. The van der Waals surface area contributed by atoms with Crippen LogP contribution in [-0.2, 0) is 31.3 Å². The number of likely N-dealkylation sites (N-methyl/N-ethyl adjacent to an activating group) is 1. The van der Waals surface area contributed by atoms with Crippen molar-refractivity contribution >= 4 is 43.5 Å². The van der Waals surface area contributed by atoms with Crippen molar-refractivity contribution in [3.05, 3.63) is 137 Å². The number of sulfonamides is 2. The van der Waals surface area contributed by atoms with Gasteiger partial charge in [-0.1, -0.05) is 66.7 Å². The third-order valence-electron chi connectivity index (χ3n) is 7.17. The molecule has 4 aromatic rings. The fourth-order valence-electron chi connectivity index (χ4n) is 4.94. The van der Waals surface area contributed by atoms with Crippen molar-refractivity contribution in [2.45, 2.75) is 16.3 Å². The first-order valence-electron chi connectivity index (χ1n) is 12.9. The van der Waals surface area contributed by atoms with Gasteiger partial charge >= 0.3 is 5.97 Å². The standard InChI is InChI=1S/C31H22N2O8S2/c1-32-27(28(34)21-9-3-2-4-10-21)29(23-11-5-7-13-25(23)42(32,37)38)41-31(36)22-17-15-20(16-18-22)19-33-30(35)24-12-6-8-14-26(24)43(33,39)40/h2-18H,19H2,1H3. The van der Waals surface area contributed by atoms with Crippen LogP contribution in [-0.4, -0.2) is 50.2 Å². The molecule has 0 saturated heterocycles. The van der Waals surface area contributed by atoms with Crippen LogP contribution < -0.4 is 0 Å². The lowest BCUT2D eigenvalue weighted by molar-refractivity contribution is 0.0685. The third-order valence-corrected chi connectivity index (χ3v) is 10.8. The van der Waals surface area contributed by atoms with E-state index in [9.17, 15) is 31.2 Å². The topological polar surface area (TPSA) is 135 Å². The van der Waals surface area contributed by atoms with E-state index in [0.717, 1.165) is 8.61 Å². The average Bonchev–Trinajstić information content (AvgIpc) is 3.21. The number of nitrogens with zero attached hydrogens (tertiary/aromatic N) is 2.